The summed E-state index contributed by atoms with van der Waals surface area (Å²) < 4.78 is 7.84. The summed E-state index contributed by atoms with van der Waals surface area (Å²) in [6.07, 6.45) is 1.73. The molecule has 2 aromatic carbocycles. The molecule has 0 aliphatic heterocycles. The molecule has 0 amide bonds. The zero-order chi connectivity index (χ0) is 15.5. The highest BCUT2D eigenvalue weighted by molar-refractivity contribution is 9.11. The highest BCUT2D eigenvalue weighted by atomic mass is 79.9. The van der Waals surface area contributed by atoms with Crippen LogP contribution in [0.4, 0.5) is 5.69 Å². The molecular weight excluding hydrogens is 406 g/mol. The first-order chi connectivity index (χ1) is 10.6. The third kappa shape index (κ3) is 3.39. The van der Waals surface area contributed by atoms with Gasteiger partial charge in [-0.1, -0.05) is 34.1 Å². The Morgan fingerprint density at radius 2 is 1.77 bits per heavy atom. The molecule has 0 radical (unpaired) electrons. The molecular formula is C18H13Br2NO. The quantitative estimate of drug-likeness (QED) is 0.444. The van der Waals surface area contributed by atoms with Crippen molar-refractivity contribution < 1.29 is 4.42 Å². The van der Waals surface area contributed by atoms with E-state index in [-0.39, 0.29) is 0 Å². The zero-order valence-electron chi connectivity index (χ0n) is 11.9. The maximum absolute atomic E-state index is 5.86. The molecule has 1 aromatic heterocycles. The van der Waals surface area contributed by atoms with Gasteiger partial charge >= 0.3 is 0 Å². The number of para-hydroxylation sites is 1. The maximum atomic E-state index is 5.86. The molecule has 3 rings (SSSR count). The number of hydrogen-bond donors (Lipinski definition) is 0. The number of rotatable bonds is 3. The number of halogens is 2. The maximum Gasteiger partial charge on any atom is 0.145 e. The van der Waals surface area contributed by atoms with Gasteiger partial charge in [-0.05, 0) is 64.8 Å². The molecule has 0 saturated heterocycles. The average molecular weight is 419 g/mol. The average Bonchev–Trinajstić information content (AvgIpc) is 2.95. The number of nitrogens with zero attached hydrogens (tertiary/aromatic N) is 1. The van der Waals surface area contributed by atoms with Gasteiger partial charge in [0.25, 0.3) is 0 Å². The number of aliphatic imine (C=N–C) groups is 1. The van der Waals surface area contributed by atoms with E-state index in [0.717, 1.165) is 31.7 Å². The number of benzene rings is 2. The minimum Gasteiger partial charge on any atom is -0.455 e. The van der Waals surface area contributed by atoms with Gasteiger partial charge in [-0.15, -0.1) is 0 Å². The Labute approximate surface area is 146 Å². The lowest BCUT2D eigenvalue weighted by Crippen LogP contribution is -1.79. The van der Waals surface area contributed by atoms with E-state index >= 15 is 0 Å². The molecule has 3 aromatic rings. The Balaban J connectivity index is 1.86. The van der Waals surface area contributed by atoms with Crippen molar-refractivity contribution in [2.45, 2.75) is 6.92 Å². The number of hydrogen-bond acceptors (Lipinski definition) is 2. The fourth-order valence-corrected chi connectivity index (χ4v) is 3.15. The van der Waals surface area contributed by atoms with Crippen LogP contribution in [0.5, 0.6) is 0 Å². The summed E-state index contributed by atoms with van der Waals surface area (Å²) >= 11 is 7.06. The molecule has 0 bridgehead atoms. The molecule has 0 atom stereocenters. The topological polar surface area (TPSA) is 25.5 Å². The van der Waals surface area contributed by atoms with Gasteiger partial charge in [0.15, 0.2) is 0 Å². The summed E-state index contributed by atoms with van der Waals surface area (Å²) in [6.45, 7) is 2.06. The minimum absolute atomic E-state index is 0.721. The number of furan rings is 1. The first-order valence-electron chi connectivity index (χ1n) is 6.78. The van der Waals surface area contributed by atoms with E-state index < -0.39 is 0 Å². The second-order valence-corrected chi connectivity index (χ2v) is 6.60. The summed E-state index contributed by atoms with van der Waals surface area (Å²) in [7, 11) is 0. The lowest BCUT2D eigenvalue weighted by Gasteiger charge is -2.02. The van der Waals surface area contributed by atoms with Gasteiger partial charge in [-0.25, -0.2) is 0 Å². The molecule has 0 saturated carbocycles. The monoisotopic (exact) mass is 417 g/mol. The molecule has 0 aliphatic carbocycles. The van der Waals surface area contributed by atoms with Crippen LogP contribution in [0.3, 0.4) is 0 Å². The third-order valence-electron chi connectivity index (χ3n) is 3.20. The van der Waals surface area contributed by atoms with Gasteiger partial charge in [0.1, 0.15) is 11.5 Å². The van der Waals surface area contributed by atoms with Crippen molar-refractivity contribution >= 4 is 43.8 Å². The summed E-state index contributed by atoms with van der Waals surface area (Å²) in [5.74, 6) is 1.54. The first-order valence-corrected chi connectivity index (χ1v) is 8.37. The highest BCUT2D eigenvalue weighted by Gasteiger charge is 2.07. The van der Waals surface area contributed by atoms with Crippen LogP contribution in [0.15, 0.2) is 73.0 Å². The summed E-state index contributed by atoms with van der Waals surface area (Å²) in [5, 5.41) is 0. The van der Waals surface area contributed by atoms with Gasteiger partial charge in [0, 0.05) is 14.5 Å². The predicted octanol–water partition coefficient (Wildman–Crippen LogP) is 6.53. The lowest BCUT2D eigenvalue weighted by molar-refractivity contribution is 0.575. The minimum atomic E-state index is 0.721. The fraction of sp³-hybridized carbons (Fsp3) is 0.0556. The Hall–Kier alpha value is -1.65. The van der Waals surface area contributed by atoms with E-state index in [4.69, 9.17) is 4.42 Å². The molecule has 4 heteroatoms. The lowest BCUT2D eigenvalue weighted by atomic mass is 10.1. The van der Waals surface area contributed by atoms with E-state index in [1.54, 1.807) is 6.21 Å². The van der Waals surface area contributed by atoms with Crippen molar-refractivity contribution in [2.75, 3.05) is 0 Å². The smallest absolute Gasteiger partial charge is 0.145 e. The molecule has 0 spiro atoms. The molecule has 2 nitrogen and oxygen atoms in total. The Morgan fingerprint density at radius 3 is 2.55 bits per heavy atom. The van der Waals surface area contributed by atoms with Crippen LogP contribution in [-0.2, 0) is 0 Å². The van der Waals surface area contributed by atoms with Gasteiger partial charge in [0.05, 0.1) is 11.9 Å². The van der Waals surface area contributed by atoms with E-state index in [1.165, 1.54) is 5.56 Å². The normalized spacial score (nSPS) is 11.2. The predicted molar refractivity (Wildman–Crippen MR) is 98.0 cm³/mol. The largest absolute Gasteiger partial charge is 0.455 e. The molecule has 0 fully saturated rings. The standard InChI is InChI=1S/C18H13Br2NO/c1-12-6-8-14(16(20)10-12)18-9-7-13(22-18)11-21-17-5-3-2-4-15(17)19/h2-11H,1H3. The third-order valence-corrected chi connectivity index (χ3v) is 4.53. The van der Waals surface area contributed by atoms with Crippen LogP contribution in [0, 0.1) is 6.92 Å². The number of aryl methyl sites for hydroxylation is 1. The van der Waals surface area contributed by atoms with Crippen LogP contribution in [0.2, 0.25) is 0 Å². The van der Waals surface area contributed by atoms with Crippen LogP contribution in [0.25, 0.3) is 11.3 Å². The van der Waals surface area contributed by atoms with Crippen molar-refractivity contribution in [1.82, 2.24) is 0 Å². The Morgan fingerprint density at radius 1 is 0.955 bits per heavy atom. The molecule has 0 N–H and O–H groups in total. The first kappa shape index (κ1) is 15.3. The van der Waals surface area contributed by atoms with Crippen molar-refractivity contribution in [3.8, 4) is 11.3 Å². The summed E-state index contributed by atoms with van der Waals surface area (Å²) in [5.41, 5.74) is 3.11. The van der Waals surface area contributed by atoms with Crippen LogP contribution in [0.1, 0.15) is 11.3 Å². The highest BCUT2D eigenvalue weighted by Crippen LogP contribution is 2.30. The van der Waals surface area contributed by atoms with Crippen LogP contribution >= 0.6 is 31.9 Å². The van der Waals surface area contributed by atoms with Crippen LogP contribution in [-0.4, -0.2) is 6.21 Å². The van der Waals surface area contributed by atoms with Gasteiger partial charge in [0.2, 0.25) is 0 Å². The van der Waals surface area contributed by atoms with E-state index in [9.17, 15) is 0 Å². The van der Waals surface area contributed by atoms with Gasteiger partial charge < -0.3 is 4.42 Å². The Bertz CT molecular complexity index is 837. The fourth-order valence-electron chi connectivity index (χ4n) is 2.08. The second-order valence-electron chi connectivity index (χ2n) is 4.89. The van der Waals surface area contributed by atoms with E-state index in [2.05, 4.69) is 55.9 Å². The summed E-state index contributed by atoms with van der Waals surface area (Å²) in [6, 6.07) is 17.9. The van der Waals surface area contributed by atoms with E-state index in [1.807, 2.05) is 42.5 Å². The molecule has 1 heterocycles. The molecule has 22 heavy (non-hydrogen) atoms. The van der Waals surface area contributed by atoms with Crippen molar-refractivity contribution in [2.24, 2.45) is 4.99 Å². The Kier molecular flexibility index (Phi) is 4.60. The molecule has 0 aliphatic rings. The van der Waals surface area contributed by atoms with Gasteiger partial charge in [-0.2, -0.15) is 0 Å². The zero-order valence-corrected chi connectivity index (χ0v) is 15.1. The van der Waals surface area contributed by atoms with Gasteiger partial charge in [-0.3, -0.25) is 4.99 Å². The summed E-state index contributed by atoms with van der Waals surface area (Å²) in [4.78, 5) is 4.44. The van der Waals surface area contributed by atoms with Crippen LogP contribution < -0.4 is 0 Å². The molecule has 110 valence electrons. The second kappa shape index (κ2) is 6.63. The van der Waals surface area contributed by atoms with Crippen molar-refractivity contribution in [3.05, 3.63) is 74.9 Å². The SMILES string of the molecule is Cc1ccc(-c2ccc(C=Nc3ccccc3Br)o2)c(Br)c1. The van der Waals surface area contributed by atoms with E-state index in [0.29, 0.717) is 0 Å². The molecule has 0 unspecified atom stereocenters. The van der Waals surface area contributed by atoms with Crippen molar-refractivity contribution in [1.29, 1.82) is 0 Å². The van der Waals surface area contributed by atoms with Crippen molar-refractivity contribution in [3.63, 3.8) is 0 Å².